The molecule has 3 nitrogen and oxygen atoms in total. The molecule has 0 spiro atoms. The molecule has 1 unspecified atom stereocenters. The second-order valence-electron chi connectivity index (χ2n) is 2.29. The average molecular weight is 136 g/mol. The van der Waals surface area contributed by atoms with Gasteiger partial charge in [0.25, 0.3) is 0 Å². The van der Waals surface area contributed by atoms with Crippen molar-refractivity contribution in [1.29, 1.82) is 5.26 Å². The van der Waals surface area contributed by atoms with Crippen molar-refractivity contribution in [2.45, 2.75) is 12.5 Å². The number of hydrogen-bond acceptors (Lipinski definition) is 3. The van der Waals surface area contributed by atoms with Gasteiger partial charge in [-0.2, -0.15) is 5.26 Å². The molecule has 3 heteroatoms. The molecule has 0 aliphatic heterocycles. The highest BCUT2D eigenvalue weighted by Crippen LogP contribution is 2.15. The molecule has 0 saturated carbocycles. The summed E-state index contributed by atoms with van der Waals surface area (Å²) in [4.78, 5) is 0. The van der Waals surface area contributed by atoms with E-state index in [1.54, 1.807) is 19.1 Å². The van der Waals surface area contributed by atoms with Crippen molar-refractivity contribution < 1.29 is 4.42 Å². The van der Waals surface area contributed by atoms with Crippen LogP contribution in [0, 0.1) is 11.3 Å². The largest absolute Gasteiger partial charge is 0.466 e. The molecule has 1 rings (SSSR count). The Morgan fingerprint density at radius 2 is 2.50 bits per heavy atom. The molecule has 10 heavy (non-hydrogen) atoms. The fourth-order valence-corrected chi connectivity index (χ4v) is 0.629. The van der Waals surface area contributed by atoms with Gasteiger partial charge >= 0.3 is 0 Å². The van der Waals surface area contributed by atoms with Crippen LogP contribution in [0.15, 0.2) is 22.8 Å². The molecule has 0 radical (unpaired) electrons. The van der Waals surface area contributed by atoms with E-state index >= 15 is 0 Å². The number of nitrogens with zero attached hydrogens (tertiary/aromatic N) is 1. The summed E-state index contributed by atoms with van der Waals surface area (Å²) < 4.78 is 4.94. The van der Waals surface area contributed by atoms with Gasteiger partial charge < -0.3 is 10.2 Å². The Hall–Kier alpha value is -1.27. The first-order chi connectivity index (χ1) is 4.67. The maximum absolute atomic E-state index is 8.53. The van der Waals surface area contributed by atoms with Gasteiger partial charge in [-0.3, -0.25) is 0 Å². The van der Waals surface area contributed by atoms with E-state index < -0.39 is 5.54 Å². The Morgan fingerprint density at radius 1 is 1.80 bits per heavy atom. The van der Waals surface area contributed by atoms with Crippen LogP contribution in [-0.4, -0.2) is 0 Å². The maximum atomic E-state index is 8.53. The normalized spacial score (nSPS) is 15.7. The Kier molecular flexibility index (Phi) is 1.48. The fourth-order valence-electron chi connectivity index (χ4n) is 0.629. The Labute approximate surface area is 59.1 Å². The molecule has 0 aromatic carbocycles. The highest BCUT2D eigenvalue weighted by Gasteiger charge is 2.22. The molecule has 2 N–H and O–H groups in total. The lowest BCUT2D eigenvalue weighted by Gasteiger charge is -2.09. The molecule has 1 heterocycles. The smallest absolute Gasteiger partial charge is 0.159 e. The average Bonchev–Trinajstić information content (AvgIpc) is 2.38. The van der Waals surface area contributed by atoms with Gasteiger partial charge in [0.1, 0.15) is 5.76 Å². The van der Waals surface area contributed by atoms with Crippen LogP contribution in [0.5, 0.6) is 0 Å². The molecule has 0 fully saturated rings. The van der Waals surface area contributed by atoms with Gasteiger partial charge in [-0.05, 0) is 19.1 Å². The number of rotatable bonds is 1. The molecule has 0 amide bonds. The van der Waals surface area contributed by atoms with Gasteiger partial charge in [0.2, 0.25) is 0 Å². The van der Waals surface area contributed by atoms with E-state index in [1.165, 1.54) is 6.26 Å². The van der Waals surface area contributed by atoms with Crippen molar-refractivity contribution in [2.75, 3.05) is 0 Å². The molecule has 1 atom stereocenters. The van der Waals surface area contributed by atoms with Gasteiger partial charge in [-0.25, -0.2) is 0 Å². The summed E-state index contributed by atoms with van der Waals surface area (Å²) in [6, 6.07) is 5.32. The van der Waals surface area contributed by atoms with Crippen LogP contribution < -0.4 is 5.73 Å². The second-order valence-corrected chi connectivity index (χ2v) is 2.29. The summed E-state index contributed by atoms with van der Waals surface area (Å²) in [5.74, 6) is 0.495. The molecular formula is C7H8N2O. The monoisotopic (exact) mass is 136 g/mol. The van der Waals surface area contributed by atoms with Crippen LogP contribution in [0.4, 0.5) is 0 Å². The first kappa shape index (κ1) is 6.84. The summed E-state index contributed by atoms with van der Waals surface area (Å²) in [6.45, 7) is 1.60. The van der Waals surface area contributed by atoms with Crippen LogP contribution in [-0.2, 0) is 5.54 Å². The Bertz CT molecular complexity index is 243. The van der Waals surface area contributed by atoms with E-state index in [9.17, 15) is 0 Å². The van der Waals surface area contributed by atoms with E-state index in [0.717, 1.165) is 0 Å². The molecule has 0 aliphatic carbocycles. The molecule has 0 bridgehead atoms. The zero-order valence-corrected chi connectivity index (χ0v) is 5.66. The third-order valence-electron chi connectivity index (χ3n) is 1.27. The van der Waals surface area contributed by atoms with E-state index in [4.69, 9.17) is 15.4 Å². The predicted molar refractivity (Wildman–Crippen MR) is 35.9 cm³/mol. The first-order valence-electron chi connectivity index (χ1n) is 2.91. The van der Waals surface area contributed by atoms with Crippen molar-refractivity contribution in [3.63, 3.8) is 0 Å². The molecule has 0 aliphatic rings. The number of hydrogen-bond donors (Lipinski definition) is 1. The highest BCUT2D eigenvalue weighted by molar-refractivity contribution is 5.19. The molecular weight excluding hydrogens is 128 g/mol. The fraction of sp³-hybridized carbons (Fsp3) is 0.286. The van der Waals surface area contributed by atoms with Crippen molar-refractivity contribution >= 4 is 0 Å². The SMILES string of the molecule is CC(N)(C#N)c1ccco1. The van der Waals surface area contributed by atoms with Gasteiger partial charge in [0.15, 0.2) is 5.54 Å². The van der Waals surface area contributed by atoms with Crippen LogP contribution >= 0.6 is 0 Å². The van der Waals surface area contributed by atoms with E-state index in [0.29, 0.717) is 5.76 Å². The van der Waals surface area contributed by atoms with Crippen LogP contribution in [0.3, 0.4) is 0 Å². The van der Waals surface area contributed by atoms with Gasteiger partial charge in [-0.15, -0.1) is 0 Å². The van der Waals surface area contributed by atoms with Crippen LogP contribution in [0.2, 0.25) is 0 Å². The summed E-state index contributed by atoms with van der Waals surface area (Å²) in [5.41, 5.74) is 4.53. The van der Waals surface area contributed by atoms with Crippen LogP contribution in [0.1, 0.15) is 12.7 Å². The third kappa shape index (κ3) is 1.02. The Morgan fingerprint density at radius 3 is 2.90 bits per heavy atom. The van der Waals surface area contributed by atoms with Crippen molar-refractivity contribution in [1.82, 2.24) is 0 Å². The minimum absolute atomic E-state index is 0.495. The van der Waals surface area contributed by atoms with Crippen molar-refractivity contribution in [3.8, 4) is 6.07 Å². The predicted octanol–water partition coefficient (Wildman–Crippen LogP) is 0.977. The second kappa shape index (κ2) is 2.16. The molecule has 1 aromatic heterocycles. The van der Waals surface area contributed by atoms with Crippen molar-refractivity contribution in [2.24, 2.45) is 5.73 Å². The minimum atomic E-state index is -0.997. The topological polar surface area (TPSA) is 63.0 Å². The number of nitrogens with two attached hydrogens (primary N) is 1. The van der Waals surface area contributed by atoms with E-state index in [2.05, 4.69) is 0 Å². The lowest BCUT2D eigenvalue weighted by atomic mass is 10.0. The number of furan rings is 1. The maximum Gasteiger partial charge on any atom is 0.159 e. The summed E-state index contributed by atoms with van der Waals surface area (Å²) >= 11 is 0. The quantitative estimate of drug-likeness (QED) is 0.625. The summed E-state index contributed by atoms with van der Waals surface area (Å²) in [7, 11) is 0. The standard InChI is InChI=1S/C7H8N2O/c1-7(9,5-8)6-3-2-4-10-6/h2-4H,9H2,1H3. The molecule has 52 valence electrons. The van der Waals surface area contributed by atoms with Gasteiger partial charge in [0.05, 0.1) is 12.3 Å². The van der Waals surface area contributed by atoms with Gasteiger partial charge in [-0.1, -0.05) is 0 Å². The zero-order chi connectivity index (χ0) is 7.61. The number of nitriles is 1. The summed E-state index contributed by atoms with van der Waals surface area (Å²) in [6.07, 6.45) is 1.50. The van der Waals surface area contributed by atoms with Crippen molar-refractivity contribution in [3.05, 3.63) is 24.2 Å². The highest BCUT2D eigenvalue weighted by atomic mass is 16.3. The van der Waals surface area contributed by atoms with Gasteiger partial charge in [0, 0.05) is 0 Å². The van der Waals surface area contributed by atoms with Crippen LogP contribution in [0.25, 0.3) is 0 Å². The third-order valence-corrected chi connectivity index (χ3v) is 1.27. The summed E-state index contributed by atoms with van der Waals surface area (Å²) in [5, 5.41) is 8.53. The molecule has 1 aromatic rings. The minimum Gasteiger partial charge on any atom is -0.466 e. The molecule has 0 saturated heterocycles. The zero-order valence-electron chi connectivity index (χ0n) is 5.66. The Balaban J connectivity index is 2.99. The van der Waals surface area contributed by atoms with E-state index in [-0.39, 0.29) is 0 Å². The lowest BCUT2D eigenvalue weighted by molar-refractivity contribution is 0.432. The van der Waals surface area contributed by atoms with E-state index in [1.807, 2.05) is 6.07 Å². The lowest BCUT2D eigenvalue weighted by Crippen LogP contribution is -2.30. The first-order valence-corrected chi connectivity index (χ1v) is 2.91.